The van der Waals surface area contributed by atoms with E-state index in [1.807, 2.05) is 24.3 Å². The first-order valence-corrected chi connectivity index (χ1v) is 9.30. The first-order chi connectivity index (χ1) is 13.0. The molecule has 140 valence electrons. The molecule has 2 aromatic rings. The van der Waals surface area contributed by atoms with E-state index < -0.39 is 11.6 Å². The third kappa shape index (κ3) is 4.08. The average Bonchev–Trinajstić information content (AvgIpc) is 2.66. The van der Waals surface area contributed by atoms with Gasteiger partial charge < -0.3 is 10.2 Å². The van der Waals surface area contributed by atoms with Gasteiger partial charge in [-0.3, -0.25) is 9.59 Å². The molecule has 2 N–H and O–H groups in total. The lowest BCUT2D eigenvalue weighted by molar-refractivity contribution is 0.0960. The van der Waals surface area contributed by atoms with Gasteiger partial charge in [0.05, 0.1) is 28.9 Å². The van der Waals surface area contributed by atoms with Crippen LogP contribution in [0, 0.1) is 0 Å². The van der Waals surface area contributed by atoms with Crippen LogP contribution in [0.5, 0.6) is 11.5 Å². The van der Waals surface area contributed by atoms with Crippen molar-refractivity contribution in [3.8, 4) is 11.5 Å². The van der Waals surface area contributed by atoms with Gasteiger partial charge in [0.1, 0.15) is 11.5 Å². The van der Waals surface area contributed by atoms with Crippen LogP contribution in [0.1, 0.15) is 65.3 Å². The second-order valence-electron chi connectivity index (χ2n) is 6.82. The molecule has 0 saturated carbocycles. The minimum Gasteiger partial charge on any atom is -0.507 e. The summed E-state index contributed by atoms with van der Waals surface area (Å²) >= 11 is 0. The molecule has 5 nitrogen and oxygen atoms in total. The molecular formula is C22H23NO4. The lowest BCUT2D eigenvalue weighted by Gasteiger charge is -2.17. The number of hydrogen-bond donors (Lipinski definition) is 2. The molecule has 0 aromatic heterocycles. The Morgan fingerprint density at radius 1 is 0.889 bits per heavy atom. The number of aryl methyl sites for hydroxylation is 1. The van der Waals surface area contributed by atoms with Gasteiger partial charge in [0, 0.05) is 0 Å². The summed E-state index contributed by atoms with van der Waals surface area (Å²) in [6.07, 6.45) is 5.63. The van der Waals surface area contributed by atoms with E-state index in [-0.39, 0.29) is 34.8 Å². The molecule has 0 fully saturated rings. The van der Waals surface area contributed by atoms with Crippen molar-refractivity contribution in [2.75, 3.05) is 0 Å². The van der Waals surface area contributed by atoms with Gasteiger partial charge in [-0.15, -0.1) is 0 Å². The predicted molar refractivity (Wildman–Crippen MR) is 104 cm³/mol. The van der Waals surface area contributed by atoms with E-state index in [2.05, 4.69) is 11.9 Å². The average molecular weight is 365 g/mol. The number of Topliss-reactive ketones (excluding diaryl/α,β-unsaturated/α-hetero) is 2. The molecule has 27 heavy (non-hydrogen) atoms. The van der Waals surface area contributed by atoms with Crippen molar-refractivity contribution in [2.45, 2.75) is 45.4 Å². The first kappa shape index (κ1) is 18.8. The molecule has 0 spiro atoms. The number of nitrogens with zero attached hydrogens (tertiary/aromatic N) is 1. The van der Waals surface area contributed by atoms with Crippen molar-refractivity contribution >= 4 is 23.0 Å². The molecule has 0 heterocycles. The number of phenolic OH excluding ortho intramolecular Hbond substituents is 2. The van der Waals surface area contributed by atoms with E-state index in [1.165, 1.54) is 37.0 Å². The number of ketones is 2. The lowest BCUT2D eigenvalue weighted by Crippen LogP contribution is -2.27. The Morgan fingerprint density at radius 2 is 1.56 bits per heavy atom. The van der Waals surface area contributed by atoms with Gasteiger partial charge in [0.25, 0.3) is 0 Å². The van der Waals surface area contributed by atoms with E-state index >= 15 is 0 Å². The molecule has 2 aromatic carbocycles. The number of unbranched alkanes of at least 4 members (excludes halogenated alkanes) is 3. The van der Waals surface area contributed by atoms with Gasteiger partial charge in [0.2, 0.25) is 5.78 Å². The second-order valence-corrected chi connectivity index (χ2v) is 6.82. The van der Waals surface area contributed by atoms with Crippen LogP contribution < -0.4 is 0 Å². The van der Waals surface area contributed by atoms with Gasteiger partial charge in [0.15, 0.2) is 5.78 Å². The quantitative estimate of drug-likeness (QED) is 0.570. The SMILES string of the molecule is CCCCCCc1ccc(N=C2CC(=O)c3c(O)ccc(O)c3C2=O)cc1. The summed E-state index contributed by atoms with van der Waals surface area (Å²) in [6, 6.07) is 10.0. The maximum Gasteiger partial charge on any atom is 0.212 e. The van der Waals surface area contributed by atoms with Crippen LogP contribution in [-0.4, -0.2) is 27.5 Å². The van der Waals surface area contributed by atoms with Crippen LogP contribution in [0.3, 0.4) is 0 Å². The fourth-order valence-corrected chi connectivity index (χ4v) is 3.30. The van der Waals surface area contributed by atoms with Crippen molar-refractivity contribution in [1.82, 2.24) is 0 Å². The van der Waals surface area contributed by atoms with Gasteiger partial charge >= 0.3 is 0 Å². The maximum atomic E-state index is 12.7. The number of phenols is 2. The molecule has 1 aliphatic rings. The van der Waals surface area contributed by atoms with Crippen LogP contribution in [0.15, 0.2) is 41.4 Å². The molecule has 0 amide bonds. The predicted octanol–water partition coefficient (Wildman–Crippen LogP) is 4.76. The zero-order valence-corrected chi connectivity index (χ0v) is 15.4. The van der Waals surface area contributed by atoms with Crippen molar-refractivity contribution in [2.24, 2.45) is 4.99 Å². The van der Waals surface area contributed by atoms with E-state index in [1.54, 1.807) is 0 Å². The number of benzene rings is 2. The normalized spacial score (nSPS) is 15.2. The Bertz CT molecular complexity index is 897. The Labute approximate surface area is 158 Å². The Morgan fingerprint density at radius 3 is 2.22 bits per heavy atom. The molecule has 1 aliphatic carbocycles. The summed E-state index contributed by atoms with van der Waals surface area (Å²) in [6.45, 7) is 2.19. The van der Waals surface area contributed by atoms with Crippen molar-refractivity contribution in [1.29, 1.82) is 0 Å². The summed E-state index contributed by atoms with van der Waals surface area (Å²) in [5.41, 5.74) is 1.59. The minimum atomic E-state index is -0.526. The number of carbonyl (C=O) groups excluding carboxylic acids is 2. The molecule has 0 unspecified atom stereocenters. The number of hydrogen-bond acceptors (Lipinski definition) is 5. The Kier molecular flexibility index (Phi) is 5.69. The van der Waals surface area contributed by atoms with E-state index in [4.69, 9.17) is 0 Å². The number of aliphatic imine (C=N–C) groups is 1. The van der Waals surface area contributed by atoms with E-state index in [9.17, 15) is 19.8 Å². The smallest absolute Gasteiger partial charge is 0.212 e. The molecule has 0 bridgehead atoms. The van der Waals surface area contributed by atoms with Crippen LogP contribution in [0.2, 0.25) is 0 Å². The number of fused-ring (bicyclic) bond motifs is 1. The highest BCUT2D eigenvalue weighted by Gasteiger charge is 2.34. The summed E-state index contributed by atoms with van der Waals surface area (Å²) in [5, 5.41) is 19.8. The van der Waals surface area contributed by atoms with E-state index in [0.717, 1.165) is 12.8 Å². The fraction of sp³-hybridized carbons (Fsp3) is 0.318. The zero-order valence-electron chi connectivity index (χ0n) is 15.4. The largest absolute Gasteiger partial charge is 0.507 e. The molecule has 5 heteroatoms. The van der Waals surface area contributed by atoms with Crippen molar-refractivity contribution in [3.63, 3.8) is 0 Å². The summed E-state index contributed by atoms with van der Waals surface area (Å²) in [4.78, 5) is 29.3. The van der Waals surface area contributed by atoms with Crippen LogP contribution >= 0.6 is 0 Å². The monoisotopic (exact) mass is 365 g/mol. The zero-order chi connectivity index (χ0) is 19.4. The molecule has 0 saturated heterocycles. The fourth-order valence-electron chi connectivity index (χ4n) is 3.30. The topological polar surface area (TPSA) is 87.0 Å². The molecule has 0 aliphatic heterocycles. The van der Waals surface area contributed by atoms with E-state index in [0.29, 0.717) is 5.69 Å². The second kappa shape index (κ2) is 8.16. The highest BCUT2D eigenvalue weighted by molar-refractivity contribution is 6.53. The van der Waals surface area contributed by atoms with Crippen molar-refractivity contribution < 1.29 is 19.8 Å². The molecule has 3 rings (SSSR count). The third-order valence-electron chi connectivity index (χ3n) is 4.78. The Balaban J connectivity index is 1.80. The van der Waals surface area contributed by atoms with Crippen LogP contribution in [-0.2, 0) is 6.42 Å². The molecule has 0 radical (unpaired) electrons. The van der Waals surface area contributed by atoms with Gasteiger partial charge in [-0.05, 0) is 42.7 Å². The van der Waals surface area contributed by atoms with Crippen LogP contribution in [0.4, 0.5) is 5.69 Å². The lowest BCUT2D eigenvalue weighted by atomic mass is 9.86. The first-order valence-electron chi connectivity index (χ1n) is 9.30. The third-order valence-corrected chi connectivity index (χ3v) is 4.78. The minimum absolute atomic E-state index is 0.0732. The Hall–Kier alpha value is -2.95. The molecule has 0 atom stereocenters. The number of carbonyl (C=O) groups is 2. The van der Waals surface area contributed by atoms with Gasteiger partial charge in [-0.25, -0.2) is 4.99 Å². The standard InChI is InChI=1S/C22H23NO4/c1-2-3-4-5-6-14-7-9-15(10-8-14)23-16-13-19(26)20-17(24)11-12-18(25)21(20)22(16)27/h7-12,24-25H,2-6,13H2,1H3. The van der Waals surface area contributed by atoms with Crippen LogP contribution in [0.25, 0.3) is 0 Å². The van der Waals surface area contributed by atoms with Crippen molar-refractivity contribution in [3.05, 3.63) is 53.1 Å². The number of rotatable bonds is 6. The highest BCUT2D eigenvalue weighted by Crippen LogP contribution is 2.34. The summed E-state index contributed by atoms with van der Waals surface area (Å²) < 4.78 is 0. The summed E-state index contributed by atoms with van der Waals surface area (Å²) in [5.74, 6) is -1.57. The van der Waals surface area contributed by atoms with Gasteiger partial charge in [-0.2, -0.15) is 0 Å². The molecular weight excluding hydrogens is 342 g/mol. The highest BCUT2D eigenvalue weighted by atomic mass is 16.3. The summed E-state index contributed by atoms with van der Waals surface area (Å²) in [7, 11) is 0. The number of aromatic hydroxyl groups is 2. The van der Waals surface area contributed by atoms with Gasteiger partial charge in [-0.1, -0.05) is 38.3 Å². The maximum absolute atomic E-state index is 12.7.